The summed E-state index contributed by atoms with van der Waals surface area (Å²) in [6.45, 7) is 4.82. The summed E-state index contributed by atoms with van der Waals surface area (Å²) in [7, 11) is 0. The summed E-state index contributed by atoms with van der Waals surface area (Å²) in [6, 6.07) is 0. The number of halogens is 2. The molecule has 2 heteroatoms. The third-order valence-electron chi connectivity index (χ3n) is 6.35. The molecule has 0 N–H and O–H groups in total. The molecule has 0 amide bonds. The molecule has 3 fully saturated rings. The van der Waals surface area contributed by atoms with Gasteiger partial charge in [-0.15, -0.1) is 0 Å². The predicted molar refractivity (Wildman–Crippen MR) is 74.3 cm³/mol. The molecular formula is C17H28F2. The molecule has 3 aliphatic rings. The van der Waals surface area contributed by atoms with E-state index in [1.54, 1.807) is 0 Å². The molecular weight excluding hydrogens is 242 g/mol. The van der Waals surface area contributed by atoms with Gasteiger partial charge in [-0.3, -0.25) is 0 Å². The Kier molecular flexibility index (Phi) is 3.22. The zero-order valence-electron chi connectivity index (χ0n) is 12.5. The molecule has 19 heavy (non-hydrogen) atoms. The van der Waals surface area contributed by atoms with E-state index in [1.807, 2.05) is 0 Å². The van der Waals surface area contributed by atoms with Crippen molar-refractivity contribution in [2.75, 3.05) is 0 Å². The largest absolute Gasteiger partial charge is 0.249 e. The second kappa shape index (κ2) is 4.43. The van der Waals surface area contributed by atoms with Gasteiger partial charge in [-0.05, 0) is 61.2 Å². The lowest BCUT2D eigenvalue weighted by molar-refractivity contribution is -0.208. The molecule has 0 bridgehead atoms. The fraction of sp³-hybridized carbons (Fsp3) is 1.00. The third kappa shape index (κ3) is 2.83. The van der Waals surface area contributed by atoms with Gasteiger partial charge in [-0.25, -0.2) is 8.78 Å². The number of alkyl halides is 2. The Hall–Kier alpha value is -0.140. The normalized spacial score (nSPS) is 40.7. The molecule has 0 aliphatic heterocycles. The zero-order valence-corrected chi connectivity index (χ0v) is 12.5. The van der Waals surface area contributed by atoms with E-state index in [-0.39, 0.29) is 18.3 Å². The molecule has 0 atom stereocenters. The summed E-state index contributed by atoms with van der Waals surface area (Å²) in [5.74, 6) is -0.652. The summed E-state index contributed by atoms with van der Waals surface area (Å²) < 4.78 is 25.9. The Balaban J connectivity index is 1.38. The average molecular weight is 270 g/mol. The molecule has 0 saturated heterocycles. The molecule has 0 aromatic carbocycles. The van der Waals surface area contributed by atoms with Crippen LogP contribution < -0.4 is 0 Å². The van der Waals surface area contributed by atoms with E-state index in [4.69, 9.17) is 0 Å². The second-order valence-corrected chi connectivity index (χ2v) is 8.52. The van der Waals surface area contributed by atoms with Gasteiger partial charge in [-0.2, -0.15) is 0 Å². The molecule has 0 nitrogen and oxygen atoms in total. The second-order valence-electron chi connectivity index (χ2n) is 8.52. The summed E-state index contributed by atoms with van der Waals surface area (Å²) in [4.78, 5) is 0. The first kappa shape index (κ1) is 13.8. The molecule has 3 rings (SSSR count). The van der Waals surface area contributed by atoms with Crippen LogP contribution in [0.5, 0.6) is 0 Å². The fourth-order valence-corrected chi connectivity index (χ4v) is 4.96. The fourth-order valence-electron chi connectivity index (χ4n) is 4.96. The van der Waals surface area contributed by atoms with E-state index in [1.165, 1.54) is 38.5 Å². The van der Waals surface area contributed by atoms with Crippen molar-refractivity contribution in [2.45, 2.75) is 84.0 Å². The van der Waals surface area contributed by atoms with Gasteiger partial charge in [0.15, 0.2) is 0 Å². The first-order chi connectivity index (χ1) is 8.80. The highest BCUT2D eigenvalue weighted by molar-refractivity contribution is 5.06. The van der Waals surface area contributed by atoms with Crippen molar-refractivity contribution in [3.05, 3.63) is 0 Å². The first-order valence-electron chi connectivity index (χ1n) is 8.18. The molecule has 0 aromatic heterocycles. The Morgan fingerprint density at radius 1 is 1.05 bits per heavy atom. The topological polar surface area (TPSA) is 0 Å². The Bertz CT molecular complexity index is 323. The average Bonchev–Trinajstić information content (AvgIpc) is 2.25. The predicted octanol–water partition coefficient (Wildman–Crippen LogP) is 5.81. The Morgan fingerprint density at radius 2 is 1.63 bits per heavy atom. The van der Waals surface area contributed by atoms with Crippen LogP contribution in [-0.4, -0.2) is 5.92 Å². The maximum Gasteiger partial charge on any atom is 0.249 e. The van der Waals surface area contributed by atoms with Crippen LogP contribution in [-0.2, 0) is 0 Å². The zero-order chi connectivity index (χ0) is 13.7. The lowest BCUT2D eigenvalue weighted by Crippen LogP contribution is -2.53. The van der Waals surface area contributed by atoms with Gasteiger partial charge in [0.2, 0.25) is 5.92 Å². The molecule has 0 aromatic rings. The van der Waals surface area contributed by atoms with Crippen LogP contribution in [0.1, 0.15) is 78.1 Å². The van der Waals surface area contributed by atoms with Crippen molar-refractivity contribution < 1.29 is 8.78 Å². The van der Waals surface area contributed by atoms with Crippen molar-refractivity contribution in [1.29, 1.82) is 0 Å². The Labute approximate surface area is 116 Å². The number of rotatable bonds is 3. The van der Waals surface area contributed by atoms with Crippen LogP contribution in [0.15, 0.2) is 0 Å². The molecule has 110 valence electrons. The van der Waals surface area contributed by atoms with Gasteiger partial charge < -0.3 is 0 Å². The lowest BCUT2D eigenvalue weighted by atomic mass is 9.49. The van der Waals surface area contributed by atoms with Crippen LogP contribution in [0.4, 0.5) is 8.78 Å². The van der Waals surface area contributed by atoms with Crippen molar-refractivity contribution in [3.63, 3.8) is 0 Å². The van der Waals surface area contributed by atoms with Gasteiger partial charge in [0.05, 0.1) is 0 Å². The minimum Gasteiger partial charge on any atom is -0.207 e. The van der Waals surface area contributed by atoms with Crippen LogP contribution in [0.25, 0.3) is 0 Å². The van der Waals surface area contributed by atoms with Crippen LogP contribution in [0, 0.1) is 22.7 Å². The van der Waals surface area contributed by atoms with Crippen LogP contribution >= 0.6 is 0 Å². The number of hydrogen-bond donors (Lipinski definition) is 0. The van der Waals surface area contributed by atoms with Gasteiger partial charge >= 0.3 is 0 Å². The Morgan fingerprint density at radius 3 is 2.16 bits per heavy atom. The molecule has 0 heterocycles. The number of hydrogen-bond acceptors (Lipinski definition) is 0. The van der Waals surface area contributed by atoms with E-state index in [9.17, 15) is 8.78 Å². The summed E-state index contributed by atoms with van der Waals surface area (Å²) in [5, 5.41) is 0. The summed E-state index contributed by atoms with van der Waals surface area (Å²) in [6.07, 6.45) is 10.7. The van der Waals surface area contributed by atoms with Crippen LogP contribution in [0.3, 0.4) is 0 Å². The van der Waals surface area contributed by atoms with Gasteiger partial charge in [0.1, 0.15) is 0 Å². The van der Waals surface area contributed by atoms with E-state index in [0.717, 1.165) is 24.7 Å². The summed E-state index contributed by atoms with van der Waals surface area (Å²) in [5.41, 5.74) is 0.634. The van der Waals surface area contributed by atoms with E-state index in [0.29, 0.717) is 5.41 Å². The third-order valence-corrected chi connectivity index (χ3v) is 6.35. The highest BCUT2D eigenvalue weighted by Crippen LogP contribution is 2.65. The van der Waals surface area contributed by atoms with Crippen LogP contribution in [0.2, 0.25) is 0 Å². The van der Waals surface area contributed by atoms with Crippen molar-refractivity contribution in [2.24, 2.45) is 22.7 Å². The van der Waals surface area contributed by atoms with Gasteiger partial charge in [0.25, 0.3) is 0 Å². The maximum absolute atomic E-state index is 13.0. The van der Waals surface area contributed by atoms with E-state index >= 15 is 0 Å². The van der Waals surface area contributed by atoms with Gasteiger partial charge in [0, 0.05) is 12.8 Å². The SMILES string of the molecule is CC1CCC(C)(CCC2CC3(C2)CC(F)(F)C3)CC1. The highest BCUT2D eigenvalue weighted by Gasteiger charge is 2.61. The monoisotopic (exact) mass is 270 g/mol. The van der Waals surface area contributed by atoms with Crippen molar-refractivity contribution >= 4 is 0 Å². The van der Waals surface area contributed by atoms with E-state index in [2.05, 4.69) is 13.8 Å². The summed E-state index contributed by atoms with van der Waals surface area (Å²) >= 11 is 0. The van der Waals surface area contributed by atoms with Crippen molar-refractivity contribution in [3.8, 4) is 0 Å². The van der Waals surface area contributed by atoms with Gasteiger partial charge in [-0.1, -0.05) is 26.7 Å². The molecule has 1 spiro atoms. The molecule has 0 unspecified atom stereocenters. The highest BCUT2D eigenvalue weighted by atomic mass is 19.3. The quantitative estimate of drug-likeness (QED) is 0.607. The van der Waals surface area contributed by atoms with Crippen molar-refractivity contribution in [1.82, 2.24) is 0 Å². The standard InChI is InChI=1S/C17H28F2/c1-13-3-6-15(2,7-4-13)8-5-14-9-16(10-14)11-17(18,19)12-16/h13-14H,3-12H2,1-2H3. The maximum atomic E-state index is 13.0. The van der Waals surface area contributed by atoms with E-state index < -0.39 is 5.92 Å². The lowest BCUT2D eigenvalue weighted by Gasteiger charge is -2.58. The molecule has 0 radical (unpaired) electrons. The minimum atomic E-state index is -2.32. The minimum absolute atomic E-state index is 0.0795. The smallest absolute Gasteiger partial charge is 0.207 e. The first-order valence-corrected chi connectivity index (χ1v) is 8.18. The molecule has 3 aliphatic carbocycles. The molecule has 3 saturated carbocycles.